The molecule has 0 saturated heterocycles. The highest BCUT2D eigenvalue weighted by molar-refractivity contribution is 7.80. The van der Waals surface area contributed by atoms with Gasteiger partial charge in [-0.05, 0) is 66.0 Å². The van der Waals surface area contributed by atoms with Crippen molar-refractivity contribution in [3.8, 4) is 5.75 Å². The van der Waals surface area contributed by atoms with Crippen LogP contribution in [0.5, 0.6) is 5.75 Å². The van der Waals surface area contributed by atoms with Crippen LogP contribution in [0.25, 0.3) is 0 Å². The Labute approximate surface area is 211 Å². The molecule has 3 aromatic rings. The van der Waals surface area contributed by atoms with Crippen LogP contribution in [0.4, 0.5) is 17.1 Å². The Morgan fingerprint density at radius 2 is 1.69 bits per heavy atom. The largest absolute Gasteiger partial charge is 0.497 e. The first-order chi connectivity index (χ1) is 16.9. The summed E-state index contributed by atoms with van der Waals surface area (Å²) in [6.45, 7) is 4.30. The summed E-state index contributed by atoms with van der Waals surface area (Å²) in [6, 6.07) is 25.5. The zero-order chi connectivity index (χ0) is 24.6. The van der Waals surface area contributed by atoms with E-state index >= 15 is 0 Å². The summed E-state index contributed by atoms with van der Waals surface area (Å²) in [6.07, 6.45) is 1.27. The number of rotatable bonds is 3. The summed E-state index contributed by atoms with van der Waals surface area (Å²) in [5.74, 6) is 0.910. The Bertz CT molecular complexity index is 1300. The Morgan fingerprint density at radius 3 is 2.40 bits per heavy atom. The Hall–Kier alpha value is -3.64. The summed E-state index contributed by atoms with van der Waals surface area (Å²) < 4.78 is 5.40. The zero-order valence-electron chi connectivity index (χ0n) is 20.2. The fourth-order valence-corrected chi connectivity index (χ4v) is 5.34. The van der Waals surface area contributed by atoms with Crippen molar-refractivity contribution in [3.05, 3.63) is 95.7 Å². The second-order valence-corrected chi connectivity index (χ2v) is 10.2. The van der Waals surface area contributed by atoms with Crippen LogP contribution in [-0.2, 0) is 4.79 Å². The van der Waals surface area contributed by atoms with Gasteiger partial charge in [-0.2, -0.15) is 0 Å². The maximum Gasteiger partial charge on any atom is 0.178 e. The number of ether oxygens (including phenoxy) is 1. The number of para-hydroxylation sites is 3. The van der Waals surface area contributed by atoms with Gasteiger partial charge < -0.3 is 20.3 Å². The van der Waals surface area contributed by atoms with Crippen molar-refractivity contribution in [2.45, 2.75) is 32.7 Å². The molecule has 0 radical (unpaired) electrons. The second kappa shape index (κ2) is 9.19. The number of Topliss-reactive ketones (excluding diaryl/α,β-unsaturated/α-hetero) is 1. The Balaban J connectivity index is 1.71. The third kappa shape index (κ3) is 4.54. The van der Waals surface area contributed by atoms with Gasteiger partial charge in [0, 0.05) is 23.4 Å². The fourth-order valence-electron chi connectivity index (χ4n) is 5.02. The monoisotopic (exact) mass is 483 g/mol. The standard InChI is InChI=1S/C29H29N3O2S/c1-29(2)17-23-26(25(33)18-29)27(19-13-15-21(34-3)16-14-19)32(24-12-8-7-11-22(24)31-23)28(35)30-20-9-5-4-6-10-20/h4-16,27,31H,17-18H2,1-3H3,(H,30,35)/t27-/m1/s1. The van der Waals surface area contributed by atoms with E-state index in [-0.39, 0.29) is 17.2 Å². The molecule has 1 atom stereocenters. The number of methoxy groups -OCH3 is 1. The predicted octanol–water partition coefficient (Wildman–Crippen LogP) is 6.71. The fraction of sp³-hybridized carbons (Fsp3) is 0.241. The number of allylic oxidation sites excluding steroid dienone is 1. The van der Waals surface area contributed by atoms with Crippen molar-refractivity contribution in [2.24, 2.45) is 5.41 Å². The number of hydrogen-bond donors (Lipinski definition) is 2. The number of anilines is 3. The number of carbonyl (C=O) groups excluding carboxylic acids is 1. The molecule has 0 unspecified atom stereocenters. The third-order valence-electron chi connectivity index (χ3n) is 6.58. The van der Waals surface area contributed by atoms with Crippen LogP contribution in [0.15, 0.2) is 90.1 Å². The first-order valence-corrected chi connectivity index (χ1v) is 12.2. The van der Waals surface area contributed by atoms with Crippen LogP contribution in [0, 0.1) is 5.41 Å². The molecule has 1 aliphatic heterocycles. The number of hydrogen-bond acceptors (Lipinski definition) is 4. The van der Waals surface area contributed by atoms with Crippen molar-refractivity contribution in [2.75, 3.05) is 22.6 Å². The van der Waals surface area contributed by atoms with Gasteiger partial charge in [-0.1, -0.05) is 56.3 Å². The van der Waals surface area contributed by atoms with E-state index in [2.05, 4.69) is 29.4 Å². The molecule has 0 spiro atoms. The SMILES string of the molecule is COc1ccc([C@@H]2C3=C(CC(C)(C)CC3=O)Nc3ccccc3N2C(=S)Nc2ccccc2)cc1. The molecule has 0 bridgehead atoms. The van der Waals surface area contributed by atoms with Crippen LogP contribution in [0.3, 0.4) is 0 Å². The minimum absolute atomic E-state index is 0.125. The van der Waals surface area contributed by atoms with E-state index in [1.54, 1.807) is 7.11 Å². The number of thiocarbonyl (C=S) groups is 1. The molecular weight excluding hydrogens is 454 g/mol. The zero-order valence-corrected chi connectivity index (χ0v) is 21.0. The molecule has 1 heterocycles. The number of ketones is 1. The number of benzene rings is 3. The van der Waals surface area contributed by atoms with Gasteiger partial charge in [-0.3, -0.25) is 4.79 Å². The lowest BCUT2D eigenvalue weighted by Gasteiger charge is -2.38. The summed E-state index contributed by atoms with van der Waals surface area (Å²) in [5.41, 5.74) is 5.32. The quantitative estimate of drug-likeness (QED) is 0.404. The van der Waals surface area contributed by atoms with E-state index in [9.17, 15) is 4.79 Å². The molecule has 6 heteroatoms. The lowest BCUT2D eigenvalue weighted by molar-refractivity contribution is -0.118. The summed E-state index contributed by atoms with van der Waals surface area (Å²) in [7, 11) is 1.65. The van der Waals surface area contributed by atoms with E-state index in [1.165, 1.54) is 0 Å². The number of nitrogens with one attached hydrogen (secondary N) is 2. The smallest absolute Gasteiger partial charge is 0.178 e. The van der Waals surface area contributed by atoms with Gasteiger partial charge in [-0.25, -0.2) is 0 Å². The van der Waals surface area contributed by atoms with E-state index < -0.39 is 0 Å². The third-order valence-corrected chi connectivity index (χ3v) is 6.87. The average molecular weight is 484 g/mol. The molecule has 3 aromatic carbocycles. The van der Waals surface area contributed by atoms with Crippen molar-refractivity contribution in [1.82, 2.24) is 0 Å². The van der Waals surface area contributed by atoms with Crippen molar-refractivity contribution >= 4 is 40.2 Å². The number of nitrogens with zero attached hydrogens (tertiary/aromatic N) is 1. The lowest BCUT2D eigenvalue weighted by atomic mass is 9.73. The number of fused-ring (bicyclic) bond motifs is 1. The molecule has 0 fully saturated rings. The molecule has 2 N–H and O–H groups in total. The first kappa shape index (κ1) is 23.1. The van der Waals surface area contributed by atoms with Crippen molar-refractivity contribution < 1.29 is 9.53 Å². The van der Waals surface area contributed by atoms with Crippen molar-refractivity contribution in [3.63, 3.8) is 0 Å². The summed E-state index contributed by atoms with van der Waals surface area (Å²) in [5, 5.41) is 7.55. The van der Waals surface area contributed by atoms with Crippen LogP contribution in [0.1, 0.15) is 38.3 Å². The second-order valence-electron chi connectivity index (χ2n) is 9.82. The predicted molar refractivity (Wildman–Crippen MR) is 146 cm³/mol. The van der Waals surface area contributed by atoms with Gasteiger partial charge in [0.15, 0.2) is 10.9 Å². The van der Waals surface area contributed by atoms with Gasteiger partial charge >= 0.3 is 0 Å². The highest BCUT2D eigenvalue weighted by atomic mass is 32.1. The number of carbonyl (C=O) groups is 1. The normalized spacial score (nSPS) is 18.7. The van der Waals surface area contributed by atoms with Crippen LogP contribution in [-0.4, -0.2) is 18.0 Å². The topological polar surface area (TPSA) is 53.6 Å². The van der Waals surface area contributed by atoms with E-state index in [4.69, 9.17) is 17.0 Å². The van der Waals surface area contributed by atoms with Crippen molar-refractivity contribution in [1.29, 1.82) is 0 Å². The van der Waals surface area contributed by atoms with Gasteiger partial charge in [0.25, 0.3) is 0 Å². The van der Waals surface area contributed by atoms with E-state index in [0.717, 1.165) is 46.1 Å². The molecule has 178 valence electrons. The van der Waals surface area contributed by atoms with Gasteiger partial charge in [0.05, 0.1) is 24.5 Å². The molecule has 0 amide bonds. The maximum absolute atomic E-state index is 13.8. The average Bonchev–Trinajstić information content (AvgIpc) is 2.98. The van der Waals surface area contributed by atoms with E-state index in [1.807, 2.05) is 78.9 Å². The first-order valence-electron chi connectivity index (χ1n) is 11.8. The van der Waals surface area contributed by atoms with Gasteiger partial charge in [-0.15, -0.1) is 0 Å². The molecule has 5 rings (SSSR count). The molecule has 35 heavy (non-hydrogen) atoms. The molecule has 0 aromatic heterocycles. The summed E-state index contributed by atoms with van der Waals surface area (Å²) >= 11 is 6.02. The molecule has 1 aliphatic carbocycles. The molecule has 0 saturated carbocycles. The minimum Gasteiger partial charge on any atom is -0.497 e. The Kier molecular flexibility index (Phi) is 6.07. The molecule has 2 aliphatic rings. The van der Waals surface area contributed by atoms with Crippen LogP contribution < -0.4 is 20.3 Å². The highest BCUT2D eigenvalue weighted by Crippen LogP contribution is 2.48. The van der Waals surface area contributed by atoms with E-state index in [0.29, 0.717) is 11.5 Å². The summed E-state index contributed by atoms with van der Waals surface area (Å²) in [4.78, 5) is 15.8. The molecular formula is C29H29N3O2S. The highest BCUT2D eigenvalue weighted by Gasteiger charge is 2.42. The van der Waals surface area contributed by atoms with Gasteiger partial charge in [0.1, 0.15) is 5.75 Å². The molecule has 5 nitrogen and oxygen atoms in total. The minimum atomic E-state index is -0.389. The van der Waals surface area contributed by atoms with Gasteiger partial charge in [0.2, 0.25) is 0 Å². The van der Waals surface area contributed by atoms with Crippen LogP contribution >= 0.6 is 12.2 Å². The lowest BCUT2D eigenvalue weighted by Crippen LogP contribution is -2.41. The Morgan fingerprint density at radius 1 is 1.00 bits per heavy atom. The van der Waals surface area contributed by atoms with Crippen LogP contribution in [0.2, 0.25) is 0 Å². The maximum atomic E-state index is 13.8.